The largest absolute Gasteiger partial charge is 0.352 e. The first-order valence-electron chi connectivity index (χ1n) is 6.74. The van der Waals surface area contributed by atoms with Crippen molar-refractivity contribution < 1.29 is 4.79 Å². The van der Waals surface area contributed by atoms with Gasteiger partial charge >= 0.3 is 0 Å². The van der Waals surface area contributed by atoms with E-state index in [1.807, 2.05) is 6.92 Å². The molecule has 1 saturated carbocycles. The van der Waals surface area contributed by atoms with Crippen molar-refractivity contribution in [2.75, 3.05) is 0 Å². The van der Waals surface area contributed by atoms with E-state index in [9.17, 15) is 4.79 Å². The Balaban J connectivity index is 2.02. The van der Waals surface area contributed by atoms with E-state index in [-0.39, 0.29) is 17.8 Å². The van der Waals surface area contributed by atoms with Crippen LogP contribution < -0.4 is 5.32 Å². The molecule has 1 unspecified atom stereocenters. The molecule has 0 aliphatic heterocycles. The maximum absolute atomic E-state index is 12.1. The quantitative estimate of drug-likeness (QED) is 0.853. The van der Waals surface area contributed by atoms with E-state index in [0.717, 1.165) is 18.4 Å². The van der Waals surface area contributed by atoms with Gasteiger partial charge in [-0.15, -0.1) is 11.6 Å². The van der Waals surface area contributed by atoms with Crippen LogP contribution in [-0.2, 0) is 11.3 Å². The number of carbonyl (C=O) groups is 1. The summed E-state index contributed by atoms with van der Waals surface area (Å²) in [4.78, 5) is 16.5. The summed E-state index contributed by atoms with van der Waals surface area (Å²) in [5, 5.41) is 3.51. The first-order chi connectivity index (χ1) is 9.95. The van der Waals surface area contributed by atoms with E-state index in [1.54, 1.807) is 16.7 Å². The van der Waals surface area contributed by atoms with Gasteiger partial charge in [0.05, 0.1) is 26.5 Å². The molecule has 1 atom stereocenters. The van der Waals surface area contributed by atoms with E-state index in [4.69, 9.17) is 34.8 Å². The molecule has 0 bridgehead atoms. The highest BCUT2D eigenvalue weighted by atomic mass is 35.5. The van der Waals surface area contributed by atoms with Crippen LogP contribution in [0.4, 0.5) is 0 Å². The molecule has 21 heavy (non-hydrogen) atoms. The number of alkyl halides is 1. The van der Waals surface area contributed by atoms with Gasteiger partial charge in [-0.1, -0.05) is 23.2 Å². The zero-order valence-corrected chi connectivity index (χ0v) is 13.6. The number of hydrogen-bond acceptors (Lipinski definition) is 2. The molecule has 0 saturated heterocycles. The lowest BCUT2D eigenvalue weighted by Crippen LogP contribution is -2.29. The van der Waals surface area contributed by atoms with Crippen LogP contribution in [0, 0.1) is 0 Å². The van der Waals surface area contributed by atoms with E-state index in [1.165, 1.54) is 0 Å². The second-order valence-electron chi connectivity index (χ2n) is 5.27. The second-order valence-corrected chi connectivity index (χ2v) is 6.74. The lowest BCUT2D eigenvalue weighted by Gasteiger charge is -2.10. The normalized spacial score (nSPS) is 16.2. The average Bonchev–Trinajstić information content (AvgIpc) is 3.14. The number of rotatable bonds is 4. The molecule has 1 N–H and O–H groups in total. The molecular weight excluding hydrogens is 333 g/mol. The molecule has 1 amide bonds. The number of carbonyl (C=O) groups excluding carboxylic acids is 1. The number of halogens is 3. The van der Waals surface area contributed by atoms with E-state index >= 15 is 0 Å². The zero-order chi connectivity index (χ0) is 15.1. The predicted octanol–water partition coefficient (Wildman–Crippen LogP) is 3.92. The Bertz CT molecular complexity index is 707. The molecule has 1 aliphatic carbocycles. The number of nitrogens with zero attached hydrogens (tertiary/aromatic N) is 2. The van der Waals surface area contributed by atoms with Gasteiger partial charge in [0.25, 0.3) is 0 Å². The molecule has 1 heterocycles. The third-order valence-corrected chi connectivity index (χ3v) is 4.34. The molecule has 2 aromatic rings. The van der Waals surface area contributed by atoms with Crippen molar-refractivity contribution in [1.29, 1.82) is 0 Å². The summed E-state index contributed by atoms with van der Waals surface area (Å²) < 4.78 is 1.80. The SMILES string of the molecule is CC(Cl)c1nc2cc(Cl)c(Cl)cc2n1CC(=O)NC1CC1. The highest BCUT2D eigenvalue weighted by Gasteiger charge is 2.24. The summed E-state index contributed by atoms with van der Waals surface area (Å²) in [5.74, 6) is 0.595. The van der Waals surface area contributed by atoms with Gasteiger partial charge in [-0.05, 0) is 31.9 Å². The molecule has 1 fully saturated rings. The van der Waals surface area contributed by atoms with Gasteiger partial charge in [0.15, 0.2) is 0 Å². The standard InChI is InChI=1S/C14H14Cl3N3O/c1-7(15)14-19-11-4-9(16)10(17)5-12(11)20(14)6-13(21)18-8-2-3-8/h4-5,7-8H,2-3,6H2,1H3,(H,18,21). The van der Waals surface area contributed by atoms with Gasteiger partial charge in [-0.3, -0.25) is 4.79 Å². The van der Waals surface area contributed by atoms with Crippen LogP contribution >= 0.6 is 34.8 Å². The predicted molar refractivity (Wildman–Crippen MR) is 85.2 cm³/mol. The van der Waals surface area contributed by atoms with E-state index in [0.29, 0.717) is 27.4 Å². The van der Waals surface area contributed by atoms with E-state index in [2.05, 4.69) is 10.3 Å². The molecule has 112 valence electrons. The van der Waals surface area contributed by atoms with Crippen LogP contribution in [0.1, 0.15) is 31.0 Å². The van der Waals surface area contributed by atoms with Crippen LogP contribution in [-0.4, -0.2) is 21.5 Å². The smallest absolute Gasteiger partial charge is 0.240 e. The number of nitrogens with one attached hydrogen (secondary N) is 1. The fourth-order valence-corrected chi connectivity index (χ4v) is 2.74. The number of imidazole rings is 1. The topological polar surface area (TPSA) is 46.9 Å². The summed E-state index contributed by atoms with van der Waals surface area (Å²) in [7, 11) is 0. The van der Waals surface area contributed by atoms with Crippen LogP contribution in [0.15, 0.2) is 12.1 Å². The number of benzene rings is 1. The average molecular weight is 347 g/mol. The maximum atomic E-state index is 12.1. The molecule has 7 heteroatoms. The molecule has 4 nitrogen and oxygen atoms in total. The molecule has 3 rings (SSSR count). The van der Waals surface area contributed by atoms with Gasteiger partial charge in [0.2, 0.25) is 5.91 Å². The molecule has 1 aromatic carbocycles. The van der Waals surface area contributed by atoms with Crippen LogP contribution in [0.5, 0.6) is 0 Å². The van der Waals surface area contributed by atoms with Crippen molar-refractivity contribution in [2.24, 2.45) is 0 Å². The van der Waals surface area contributed by atoms with Crippen LogP contribution in [0.25, 0.3) is 11.0 Å². The summed E-state index contributed by atoms with van der Waals surface area (Å²) >= 11 is 18.3. The Morgan fingerprint density at radius 3 is 2.71 bits per heavy atom. The molecule has 1 aromatic heterocycles. The minimum atomic E-state index is -0.316. The summed E-state index contributed by atoms with van der Waals surface area (Å²) in [6, 6.07) is 3.73. The van der Waals surface area contributed by atoms with Gasteiger partial charge in [0.1, 0.15) is 12.4 Å². The Morgan fingerprint density at radius 1 is 1.43 bits per heavy atom. The Morgan fingerprint density at radius 2 is 2.10 bits per heavy atom. The Kier molecular flexibility index (Phi) is 4.04. The van der Waals surface area contributed by atoms with Crippen molar-refractivity contribution in [1.82, 2.24) is 14.9 Å². The van der Waals surface area contributed by atoms with Crippen LogP contribution in [0.3, 0.4) is 0 Å². The number of aromatic nitrogens is 2. The molecule has 0 spiro atoms. The molecule has 0 radical (unpaired) electrons. The second kappa shape index (κ2) is 5.67. The lowest BCUT2D eigenvalue weighted by molar-refractivity contribution is -0.121. The molecule has 1 aliphatic rings. The third kappa shape index (κ3) is 3.12. The van der Waals surface area contributed by atoms with Crippen molar-refractivity contribution >= 4 is 51.7 Å². The molecular formula is C14H14Cl3N3O. The monoisotopic (exact) mass is 345 g/mol. The van der Waals surface area contributed by atoms with Gasteiger partial charge in [-0.2, -0.15) is 0 Å². The number of fused-ring (bicyclic) bond motifs is 1. The van der Waals surface area contributed by atoms with Crippen molar-refractivity contribution in [3.8, 4) is 0 Å². The first kappa shape index (κ1) is 14.9. The maximum Gasteiger partial charge on any atom is 0.240 e. The summed E-state index contributed by atoms with van der Waals surface area (Å²) in [6.45, 7) is 2.00. The Labute approximate surface area is 137 Å². The summed E-state index contributed by atoms with van der Waals surface area (Å²) in [6.07, 6.45) is 2.10. The summed E-state index contributed by atoms with van der Waals surface area (Å²) in [5.41, 5.74) is 1.45. The highest BCUT2D eigenvalue weighted by Crippen LogP contribution is 2.31. The van der Waals surface area contributed by atoms with Crippen molar-refractivity contribution in [3.63, 3.8) is 0 Å². The fraction of sp³-hybridized carbons (Fsp3) is 0.429. The fourth-order valence-electron chi connectivity index (χ4n) is 2.25. The highest BCUT2D eigenvalue weighted by molar-refractivity contribution is 6.42. The minimum absolute atomic E-state index is 0.0403. The number of amides is 1. The Hall–Kier alpha value is -0.970. The number of hydrogen-bond donors (Lipinski definition) is 1. The van der Waals surface area contributed by atoms with E-state index < -0.39 is 0 Å². The zero-order valence-electron chi connectivity index (χ0n) is 11.4. The minimum Gasteiger partial charge on any atom is -0.352 e. The van der Waals surface area contributed by atoms with Crippen molar-refractivity contribution in [2.45, 2.75) is 37.7 Å². The third-order valence-electron chi connectivity index (χ3n) is 3.42. The lowest BCUT2D eigenvalue weighted by atomic mass is 10.3. The van der Waals surface area contributed by atoms with Gasteiger partial charge in [-0.25, -0.2) is 4.98 Å². The van der Waals surface area contributed by atoms with Crippen molar-refractivity contribution in [3.05, 3.63) is 28.0 Å². The van der Waals surface area contributed by atoms with Crippen LogP contribution in [0.2, 0.25) is 10.0 Å². The van der Waals surface area contributed by atoms with Gasteiger partial charge < -0.3 is 9.88 Å². The first-order valence-corrected chi connectivity index (χ1v) is 7.93. The van der Waals surface area contributed by atoms with Gasteiger partial charge in [0, 0.05) is 6.04 Å².